The summed E-state index contributed by atoms with van der Waals surface area (Å²) in [5.41, 5.74) is 8.92. The first kappa shape index (κ1) is 11.9. The third-order valence-corrected chi connectivity index (χ3v) is 4.81. The van der Waals surface area contributed by atoms with Gasteiger partial charge in [0.2, 0.25) is 0 Å². The number of nitrogens with zero attached hydrogens (tertiary/aromatic N) is 1. The van der Waals surface area contributed by atoms with Crippen LogP contribution in [0.15, 0.2) is 30.3 Å². The first-order valence-electron chi connectivity index (χ1n) is 6.61. The molecule has 3 heteroatoms. The topological polar surface area (TPSA) is 38.9 Å². The fraction of sp³-hybridized carbons (Fsp3) is 0.400. The molecule has 1 aliphatic carbocycles. The van der Waals surface area contributed by atoms with E-state index in [0.717, 1.165) is 24.3 Å². The molecule has 0 spiro atoms. The molecule has 2 nitrogen and oxygen atoms in total. The molecule has 1 atom stereocenters. The number of thiazole rings is 1. The number of aromatic nitrogens is 1. The average Bonchev–Trinajstić information content (AvgIpc) is 2.98. The van der Waals surface area contributed by atoms with Crippen molar-refractivity contribution in [2.45, 2.75) is 38.1 Å². The number of rotatable bonds is 4. The van der Waals surface area contributed by atoms with E-state index in [1.54, 1.807) is 0 Å². The van der Waals surface area contributed by atoms with Gasteiger partial charge in [0.15, 0.2) is 0 Å². The standard InChI is InChI=1S/C15H18N2S/c16-12(10-9-11-5-2-1-3-6-11)15-17-13-7-4-8-14(13)18-15/h1-3,5-6,12H,4,7-10,16H2. The van der Waals surface area contributed by atoms with Crippen LogP contribution in [0.1, 0.15) is 40.0 Å². The van der Waals surface area contributed by atoms with Gasteiger partial charge in [-0.2, -0.15) is 0 Å². The summed E-state index contributed by atoms with van der Waals surface area (Å²) in [5.74, 6) is 0. The highest BCUT2D eigenvalue weighted by molar-refractivity contribution is 7.11. The molecule has 1 aliphatic rings. The summed E-state index contributed by atoms with van der Waals surface area (Å²) in [6.45, 7) is 0. The molecule has 0 aliphatic heterocycles. The van der Waals surface area contributed by atoms with Crippen molar-refractivity contribution in [1.29, 1.82) is 0 Å². The Kier molecular flexibility index (Phi) is 3.43. The van der Waals surface area contributed by atoms with Crippen LogP contribution in [-0.2, 0) is 19.3 Å². The van der Waals surface area contributed by atoms with Gasteiger partial charge < -0.3 is 5.73 Å². The second-order valence-electron chi connectivity index (χ2n) is 4.91. The fourth-order valence-corrected chi connectivity index (χ4v) is 3.65. The van der Waals surface area contributed by atoms with E-state index in [2.05, 4.69) is 30.3 Å². The third-order valence-electron chi connectivity index (χ3n) is 3.52. The Bertz CT molecular complexity index is 497. The van der Waals surface area contributed by atoms with Crippen LogP contribution in [0.2, 0.25) is 0 Å². The van der Waals surface area contributed by atoms with Crippen molar-refractivity contribution < 1.29 is 0 Å². The zero-order valence-corrected chi connectivity index (χ0v) is 11.2. The molecule has 0 saturated carbocycles. The second kappa shape index (κ2) is 5.21. The van der Waals surface area contributed by atoms with Crippen molar-refractivity contribution in [2.75, 3.05) is 0 Å². The number of hydrogen-bond acceptors (Lipinski definition) is 3. The molecule has 1 unspecified atom stereocenters. The van der Waals surface area contributed by atoms with Gasteiger partial charge in [0.1, 0.15) is 5.01 Å². The van der Waals surface area contributed by atoms with Crippen LogP contribution in [-0.4, -0.2) is 4.98 Å². The predicted molar refractivity (Wildman–Crippen MR) is 75.8 cm³/mol. The lowest BCUT2D eigenvalue weighted by atomic mass is 10.1. The molecule has 0 bridgehead atoms. The van der Waals surface area contributed by atoms with E-state index in [1.165, 1.54) is 29.0 Å². The van der Waals surface area contributed by atoms with Crippen molar-refractivity contribution in [3.8, 4) is 0 Å². The molecule has 0 saturated heterocycles. The Morgan fingerprint density at radius 1 is 1.22 bits per heavy atom. The highest BCUT2D eigenvalue weighted by atomic mass is 32.1. The Hall–Kier alpha value is -1.19. The monoisotopic (exact) mass is 258 g/mol. The van der Waals surface area contributed by atoms with E-state index in [1.807, 2.05) is 11.3 Å². The van der Waals surface area contributed by atoms with Crippen LogP contribution in [0.5, 0.6) is 0 Å². The SMILES string of the molecule is NC(CCc1ccccc1)c1nc2c(s1)CCC2. The van der Waals surface area contributed by atoms with Gasteiger partial charge in [-0.05, 0) is 37.7 Å². The number of nitrogens with two attached hydrogens (primary N) is 1. The quantitative estimate of drug-likeness (QED) is 0.914. The van der Waals surface area contributed by atoms with E-state index in [4.69, 9.17) is 10.7 Å². The predicted octanol–water partition coefficient (Wildman–Crippen LogP) is 3.26. The Morgan fingerprint density at radius 3 is 2.83 bits per heavy atom. The molecule has 18 heavy (non-hydrogen) atoms. The number of benzene rings is 1. The van der Waals surface area contributed by atoms with Crippen LogP contribution in [0, 0.1) is 0 Å². The molecule has 1 aromatic carbocycles. The Balaban J connectivity index is 1.62. The van der Waals surface area contributed by atoms with Gasteiger partial charge in [-0.3, -0.25) is 0 Å². The minimum Gasteiger partial charge on any atom is -0.322 e. The van der Waals surface area contributed by atoms with Crippen molar-refractivity contribution in [3.05, 3.63) is 51.5 Å². The molecule has 94 valence electrons. The third kappa shape index (κ3) is 2.47. The lowest BCUT2D eigenvalue weighted by Crippen LogP contribution is -2.11. The second-order valence-corrected chi connectivity index (χ2v) is 6.02. The Labute approximate surface area is 112 Å². The van der Waals surface area contributed by atoms with E-state index in [0.29, 0.717) is 0 Å². The molecule has 2 aromatic rings. The van der Waals surface area contributed by atoms with Gasteiger partial charge in [-0.25, -0.2) is 4.98 Å². The molecule has 1 aromatic heterocycles. The minimum atomic E-state index is 0.0980. The van der Waals surface area contributed by atoms with Gasteiger partial charge in [-0.1, -0.05) is 30.3 Å². The van der Waals surface area contributed by atoms with E-state index in [9.17, 15) is 0 Å². The average molecular weight is 258 g/mol. The maximum absolute atomic E-state index is 6.25. The zero-order valence-electron chi connectivity index (χ0n) is 10.4. The van der Waals surface area contributed by atoms with Gasteiger partial charge in [0.05, 0.1) is 11.7 Å². The lowest BCUT2D eigenvalue weighted by molar-refractivity contribution is 0.644. The zero-order chi connectivity index (χ0) is 12.4. The fourth-order valence-electron chi connectivity index (χ4n) is 2.46. The van der Waals surface area contributed by atoms with Gasteiger partial charge in [0.25, 0.3) is 0 Å². The van der Waals surface area contributed by atoms with Crippen LogP contribution in [0.3, 0.4) is 0 Å². The summed E-state index contributed by atoms with van der Waals surface area (Å²) in [6.07, 6.45) is 5.64. The maximum atomic E-state index is 6.25. The summed E-state index contributed by atoms with van der Waals surface area (Å²) in [6, 6.07) is 10.6. The first-order chi connectivity index (χ1) is 8.83. The van der Waals surface area contributed by atoms with E-state index < -0.39 is 0 Å². The summed E-state index contributed by atoms with van der Waals surface area (Å²) in [4.78, 5) is 6.17. The smallest absolute Gasteiger partial charge is 0.110 e. The number of aryl methyl sites for hydroxylation is 3. The highest BCUT2D eigenvalue weighted by Gasteiger charge is 2.19. The van der Waals surface area contributed by atoms with Crippen LogP contribution < -0.4 is 5.73 Å². The molecular formula is C15H18N2S. The number of fused-ring (bicyclic) bond motifs is 1. The summed E-state index contributed by atoms with van der Waals surface area (Å²) < 4.78 is 0. The summed E-state index contributed by atoms with van der Waals surface area (Å²) in [5, 5.41) is 1.13. The molecular weight excluding hydrogens is 240 g/mol. The molecule has 1 heterocycles. The van der Waals surface area contributed by atoms with Gasteiger partial charge in [-0.15, -0.1) is 11.3 Å². The molecule has 0 radical (unpaired) electrons. The van der Waals surface area contributed by atoms with E-state index in [-0.39, 0.29) is 6.04 Å². The molecule has 0 amide bonds. The van der Waals surface area contributed by atoms with Crippen LogP contribution >= 0.6 is 11.3 Å². The van der Waals surface area contributed by atoms with Crippen LogP contribution in [0.25, 0.3) is 0 Å². The lowest BCUT2D eigenvalue weighted by Gasteiger charge is -2.08. The van der Waals surface area contributed by atoms with Crippen molar-refractivity contribution in [3.63, 3.8) is 0 Å². The summed E-state index contributed by atoms with van der Waals surface area (Å²) >= 11 is 1.83. The van der Waals surface area contributed by atoms with E-state index >= 15 is 0 Å². The largest absolute Gasteiger partial charge is 0.322 e. The van der Waals surface area contributed by atoms with Gasteiger partial charge in [0, 0.05) is 4.88 Å². The van der Waals surface area contributed by atoms with Gasteiger partial charge >= 0.3 is 0 Å². The maximum Gasteiger partial charge on any atom is 0.110 e. The molecule has 2 N–H and O–H groups in total. The van der Waals surface area contributed by atoms with Crippen molar-refractivity contribution >= 4 is 11.3 Å². The molecule has 3 rings (SSSR count). The van der Waals surface area contributed by atoms with Crippen molar-refractivity contribution in [1.82, 2.24) is 4.98 Å². The van der Waals surface area contributed by atoms with Crippen LogP contribution in [0.4, 0.5) is 0 Å². The first-order valence-corrected chi connectivity index (χ1v) is 7.42. The minimum absolute atomic E-state index is 0.0980. The normalized spacial score (nSPS) is 15.6. The highest BCUT2D eigenvalue weighted by Crippen LogP contribution is 2.31. The van der Waals surface area contributed by atoms with Crippen molar-refractivity contribution in [2.24, 2.45) is 5.73 Å². The Morgan fingerprint density at radius 2 is 2.06 bits per heavy atom. The summed E-state index contributed by atoms with van der Waals surface area (Å²) in [7, 11) is 0. The molecule has 0 fully saturated rings. The number of hydrogen-bond donors (Lipinski definition) is 1.